The fraction of sp³-hybridized carbons (Fsp3) is 0.286. The number of nitrogens with zero attached hydrogens (tertiary/aromatic N) is 1. The molecule has 3 N–H and O–H groups in total. The summed E-state index contributed by atoms with van der Waals surface area (Å²) >= 11 is 0. The van der Waals surface area contributed by atoms with Crippen LogP contribution in [0.25, 0.3) is 11.5 Å². The maximum atomic E-state index is 11.0. The molecule has 1 amide bonds. The van der Waals surface area contributed by atoms with E-state index >= 15 is 0 Å². The average molecular weight is 259 g/mol. The molecule has 0 aliphatic rings. The van der Waals surface area contributed by atoms with Crippen molar-refractivity contribution in [1.29, 1.82) is 0 Å². The maximum absolute atomic E-state index is 11.0. The van der Waals surface area contributed by atoms with Crippen molar-refractivity contribution in [3.05, 3.63) is 41.8 Å². The third-order valence-electron chi connectivity index (χ3n) is 2.74. The third kappa shape index (κ3) is 3.66. The molecule has 0 radical (unpaired) electrons. The number of rotatable bonds is 5. The second-order valence-electron chi connectivity index (χ2n) is 4.31. The molecular weight excluding hydrogens is 242 g/mol. The first-order valence-corrected chi connectivity index (χ1v) is 6.17. The van der Waals surface area contributed by atoms with Crippen LogP contribution < -0.4 is 11.1 Å². The van der Waals surface area contributed by atoms with Gasteiger partial charge in [-0.05, 0) is 19.1 Å². The Labute approximate surface area is 111 Å². The van der Waals surface area contributed by atoms with Gasteiger partial charge in [-0.15, -0.1) is 0 Å². The van der Waals surface area contributed by atoms with E-state index in [1.807, 2.05) is 31.2 Å². The monoisotopic (exact) mass is 259 g/mol. The van der Waals surface area contributed by atoms with Crippen LogP contribution in [-0.2, 0) is 11.2 Å². The Hall–Kier alpha value is -2.14. The van der Waals surface area contributed by atoms with Crippen LogP contribution in [0.5, 0.6) is 0 Å². The number of hydrogen-bond donors (Lipinski definition) is 2. The summed E-state index contributed by atoms with van der Waals surface area (Å²) in [6.45, 7) is 2.55. The highest BCUT2D eigenvalue weighted by Crippen LogP contribution is 2.19. The van der Waals surface area contributed by atoms with Gasteiger partial charge in [0.05, 0.1) is 12.2 Å². The maximum Gasteiger partial charge on any atom is 0.233 e. The summed E-state index contributed by atoms with van der Waals surface area (Å²) in [5.74, 6) is 0.433. The normalized spacial score (nSPS) is 10.4. The SMILES string of the molecule is Cc1ccc(-c2nc(CCNC(=O)CN)co2)cc1. The molecule has 1 aromatic carbocycles. The fourth-order valence-corrected chi connectivity index (χ4v) is 1.65. The Morgan fingerprint density at radius 1 is 1.37 bits per heavy atom. The Morgan fingerprint density at radius 2 is 2.11 bits per heavy atom. The minimum Gasteiger partial charge on any atom is -0.444 e. The minimum atomic E-state index is -0.165. The fourth-order valence-electron chi connectivity index (χ4n) is 1.65. The number of benzene rings is 1. The molecule has 0 unspecified atom stereocenters. The lowest BCUT2D eigenvalue weighted by Gasteiger charge is -2.00. The number of carbonyl (C=O) groups is 1. The number of aromatic nitrogens is 1. The van der Waals surface area contributed by atoms with E-state index in [9.17, 15) is 4.79 Å². The topological polar surface area (TPSA) is 81.2 Å². The first-order valence-electron chi connectivity index (χ1n) is 6.17. The van der Waals surface area contributed by atoms with Gasteiger partial charge in [-0.3, -0.25) is 4.79 Å². The van der Waals surface area contributed by atoms with Crippen molar-refractivity contribution >= 4 is 5.91 Å². The first-order chi connectivity index (χ1) is 9.19. The highest BCUT2D eigenvalue weighted by molar-refractivity contribution is 5.77. The predicted octanol–water partition coefficient (Wildman–Crippen LogP) is 1.27. The Balaban J connectivity index is 1.95. The average Bonchev–Trinajstić information content (AvgIpc) is 2.88. The summed E-state index contributed by atoms with van der Waals surface area (Å²) in [6, 6.07) is 7.98. The molecule has 0 spiro atoms. The second-order valence-corrected chi connectivity index (χ2v) is 4.31. The van der Waals surface area contributed by atoms with Crippen molar-refractivity contribution in [3.63, 3.8) is 0 Å². The van der Waals surface area contributed by atoms with Crippen molar-refractivity contribution < 1.29 is 9.21 Å². The minimum absolute atomic E-state index is 0.00737. The van der Waals surface area contributed by atoms with Gasteiger partial charge in [-0.25, -0.2) is 4.98 Å². The molecule has 0 bridgehead atoms. The van der Waals surface area contributed by atoms with Crippen LogP contribution in [0.4, 0.5) is 0 Å². The van der Waals surface area contributed by atoms with Crippen LogP contribution >= 0.6 is 0 Å². The van der Waals surface area contributed by atoms with E-state index in [0.717, 1.165) is 11.3 Å². The highest BCUT2D eigenvalue weighted by Gasteiger charge is 2.06. The molecule has 2 rings (SSSR count). The second kappa shape index (κ2) is 6.15. The summed E-state index contributed by atoms with van der Waals surface area (Å²) in [5, 5.41) is 2.69. The molecule has 1 aromatic heterocycles. The van der Waals surface area contributed by atoms with E-state index in [1.165, 1.54) is 5.56 Å². The summed E-state index contributed by atoms with van der Waals surface area (Å²) < 4.78 is 5.43. The van der Waals surface area contributed by atoms with Crippen LogP contribution in [0.2, 0.25) is 0 Å². The van der Waals surface area contributed by atoms with Gasteiger partial charge in [0.15, 0.2) is 0 Å². The zero-order valence-corrected chi connectivity index (χ0v) is 10.8. The molecule has 19 heavy (non-hydrogen) atoms. The Kier molecular flexibility index (Phi) is 4.30. The van der Waals surface area contributed by atoms with E-state index in [1.54, 1.807) is 6.26 Å². The number of aryl methyl sites for hydroxylation is 1. The molecule has 1 heterocycles. The van der Waals surface area contributed by atoms with Gasteiger partial charge in [0, 0.05) is 18.5 Å². The zero-order valence-electron chi connectivity index (χ0n) is 10.8. The van der Waals surface area contributed by atoms with Crippen LogP contribution in [0.1, 0.15) is 11.3 Å². The Bertz CT molecular complexity index is 546. The number of oxazole rings is 1. The van der Waals surface area contributed by atoms with Gasteiger partial charge in [-0.2, -0.15) is 0 Å². The van der Waals surface area contributed by atoms with Gasteiger partial charge in [0.25, 0.3) is 0 Å². The smallest absolute Gasteiger partial charge is 0.233 e. The van der Waals surface area contributed by atoms with Gasteiger partial charge in [0.2, 0.25) is 11.8 Å². The lowest BCUT2D eigenvalue weighted by molar-refractivity contribution is -0.119. The molecule has 0 atom stereocenters. The van der Waals surface area contributed by atoms with E-state index in [4.69, 9.17) is 10.2 Å². The van der Waals surface area contributed by atoms with Gasteiger partial charge in [-0.1, -0.05) is 17.7 Å². The van der Waals surface area contributed by atoms with Crippen LogP contribution in [0.15, 0.2) is 34.9 Å². The summed E-state index contributed by atoms with van der Waals surface area (Å²) in [5.41, 5.74) is 8.15. The molecule has 0 aliphatic carbocycles. The van der Waals surface area contributed by atoms with Gasteiger partial charge < -0.3 is 15.5 Å². The predicted molar refractivity (Wildman–Crippen MR) is 72.4 cm³/mol. The number of nitrogens with two attached hydrogens (primary N) is 1. The number of amides is 1. The molecule has 0 saturated carbocycles. The molecular formula is C14H17N3O2. The number of carbonyl (C=O) groups excluding carboxylic acids is 1. The van der Waals surface area contributed by atoms with Crippen molar-refractivity contribution in [3.8, 4) is 11.5 Å². The molecule has 0 fully saturated rings. The third-order valence-corrected chi connectivity index (χ3v) is 2.74. The number of hydrogen-bond acceptors (Lipinski definition) is 4. The largest absolute Gasteiger partial charge is 0.444 e. The summed E-state index contributed by atoms with van der Waals surface area (Å²) in [6.07, 6.45) is 2.24. The van der Waals surface area contributed by atoms with E-state index < -0.39 is 0 Å². The summed E-state index contributed by atoms with van der Waals surface area (Å²) in [7, 11) is 0. The van der Waals surface area contributed by atoms with Crippen molar-refractivity contribution in [2.75, 3.05) is 13.1 Å². The molecule has 0 saturated heterocycles. The van der Waals surface area contributed by atoms with Gasteiger partial charge >= 0.3 is 0 Å². The standard InChI is InChI=1S/C14H17N3O2/c1-10-2-4-11(5-3-10)14-17-12(9-19-14)6-7-16-13(18)8-15/h2-5,9H,6-8,15H2,1H3,(H,16,18). The van der Waals surface area contributed by atoms with Crippen LogP contribution in [0, 0.1) is 6.92 Å². The lowest BCUT2D eigenvalue weighted by Crippen LogP contribution is -2.31. The molecule has 5 nitrogen and oxygen atoms in total. The molecule has 2 aromatic rings. The zero-order chi connectivity index (χ0) is 13.7. The first kappa shape index (κ1) is 13.3. The molecule has 0 aliphatic heterocycles. The Morgan fingerprint density at radius 3 is 2.79 bits per heavy atom. The molecule has 100 valence electrons. The van der Waals surface area contributed by atoms with Crippen molar-refractivity contribution in [1.82, 2.24) is 10.3 Å². The lowest BCUT2D eigenvalue weighted by atomic mass is 10.1. The molecule has 5 heteroatoms. The van der Waals surface area contributed by atoms with Crippen LogP contribution in [0.3, 0.4) is 0 Å². The summed E-state index contributed by atoms with van der Waals surface area (Å²) in [4.78, 5) is 15.4. The van der Waals surface area contributed by atoms with E-state index in [0.29, 0.717) is 18.9 Å². The highest BCUT2D eigenvalue weighted by atomic mass is 16.3. The van der Waals surface area contributed by atoms with E-state index in [-0.39, 0.29) is 12.5 Å². The van der Waals surface area contributed by atoms with Crippen molar-refractivity contribution in [2.24, 2.45) is 5.73 Å². The number of nitrogens with one attached hydrogen (secondary N) is 1. The van der Waals surface area contributed by atoms with Crippen LogP contribution in [-0.4, -0.2) is 24.0 Å². The van der Waals surface area contributed by atoms with Gasteiger partial charge in [0.1, 0.15) is 6.26 Å². The van der Waals surface area contributed by atoms with E-state index in [2.05, 4.69) is 10.3 Å². The van der Waals surface area contributed by atoms with Crippen molar-refractivity contribution in [2.45, 2.75) is 13.3 Å². The quantitative estimate of drug-likeness (QED) is 0.847.